The SMILES string of the molecule is O=C(Nc1ccc2c(c1)OCO2)N[C@H]1CC[C@@H](CCNC(=O)C2CC2)O[C@@H]1CO. The lowest BCUT2D eigenvalue weighted by Crippen LogP contribution is -2.52. The monoisotopic (exact) mass is 405 g/mol. The number of urea groups is 1. The Morgan fingerprint density at radius 2 is 1.93 bits per heavy atom. The van der Waals surface area contributed by atoms with E-state index < -0.39 is 6.10 Å². The molecule has 0 bridgehead atoms. The van der Waals surface area contributed by atoms with E-state index in [1.807, 2.05) is 0 Å². The van der Waals surface area contributed by atoms with Crippen molar-refractivity contribution in [3.8, 4) is 11.5 Å². The normalized spacial score (nSPS) is 25.3. The van der Waals surface area contributed by atoms with Crippen molar-refractivity contribution < 1.29 is 28.9 Å². The van der Waals surface area contributed by atoms with Gasteiger partial charge in [-0.15, -0.1) is 0 Å². The Morgan fingerprint density at radius 3 is 2.72 bits per heavy atom. The number of rotatable bonds is 7. The van der Waals surface area contributed by atoms with Crippen molar-refractivity contribution in [3.63, 3.8) is 0 Å². The van der Waals surface area contributed by atoms with Crippen LogP contribution in [0, 0.1) is 5.92 Å². The van der Waals surface area contributed by atoms with E-state index in [-0.39, 0.29) is 43.4 Å². The maximum atomic E-state index is 12.4. The lowest BCUT2D eigenvalue weighted by Gasteiger charge is -2.36. The van der Waals surface area contributed by atoms with Crippen molar-refractivity contribution in [2.45, 2.75) is 50.4 Å². The zero-order valence-corrected chi connectivity index (χ0v) is 16.2. The number of amides is 3. The van der Waals surface area contributed by atoms with Crippen molar-refractivity contribution in [2.24, 2.45) is 5.92 Å². The Balaban J connectivity index is 1.22. The predicted molar refractivity (Wildman–Crippen MR) is 104 cm³/mol. The van der Waals surface area contributed by atoms with Gasteiger partial charge in [-0.05, 0) is 44.2 Å². The molecular weight excluding hydrogens is 378 g/mol. The van der Waals surface area contributed by atoms with Gasteiger partial charge in [-0.1, -0.05) is 0 Å². The standard InChI is InChI=1S/C20H27N3O6/c24-10-18-15(5-4-14(29-18)7-8-21-19(25)12-1-2-12)23-20(26)22-13-3-6-16-17(9-13)28-11-27-16/h3,6,9,12,14-15,18,24H,1-2,4-5,7-8,10-11H2,(H,21,25)(H2,22,23,26)/t14-,15-,18+/m0/s1. The molecular formula is C20H27N3O6. The number of ether oxygens (including phenoxy) is 3. The Labute approximate surface area is 169 Å². The van der Waals surface area contributed by atoms with Crippen LogP contribution in [0.3, 0.4) is 0 Å². The van der Waals surface area contributed by atoms with Gasteiger partial charge in [0.1, 0.15) is 6.10 Å². The van der Waals surface area contributed by atoms with Gasteiger partial charge in [0.25, 0.3) is 0 Å². The molecule has 3 aliphatic rings. The fraction of sp³-hybridized carbons (Fsp3) is 0.600. The number of aliphatic hydroxyl groups is 1. The first-order valence-electron chi connectivity index (χ1n) is 10.1. The second-order valence-corrected chi connectivity index (χ2v) is 7.68. The molecule has 29 heavy (non-hydrogen) atoms. The highest BCUT2D eigenvalue weighted by atomic mass is 16.7. The maximum absolute atomic E-state index is 12.4. The third-order valence-electron chi connectivity index (χ3n) is 5.46. The summed E-state index contributed by atoms with van der Waals surface area (Å²) in [6, 6.07) is 4.52. The highest BCUT2D eigenvalue weighted by Gasteiger charge is 2.33. The molecule has 1 aliphatic carbocycles. The molecule has 1 saturated carbocycles. The van der Waals surface area contributed by atoms with Crippen molar-refractivity contribution in [1.29, 1.82) is 0 Å². The van der Waals surface area contributed by atoms with E-state index in [9.17, 15) is 14.7 Å². The third-order valence-corrected chi connectivity index (χ3v) is 5.46. The summed E-state index contributed by atoms with van der Waals surface area (Å²) < 4.78 is 16.5. The summed E-state index contributed by atoms with van der Waals surface area (Å²) in [4.78, 5) is 24.1. The summed E-state index contributed by atoms with van der Waals surface area (Å²) in [5.74, 6) is 1.56. The van der Waals surface area contributed by atoms with Gasteiger partial charge in [0.15, 0.2) is 11.5 Å². The first-order chi connectivity index (χ1) is 14.1. The van der Waals surface area contributed by atoms with Gasteiger partial charge >= 0.3 is 6.03 Å². The highest BCUT2D eigenvalue weighted by molar-refractivity contribution is 5.90. The lowest BCUT2D eigenvalue weighted by atomic mass is 9.97. The molecule has 1 aromatic rings. The molecule has 4 rings (SSSR count). The second-order valence-electron chi connectivity index (χ2n) is 7.68. The molecule has 1 aromatic carbocycles. The van der Waals surface area contributed by atoms with E-state index in [1.165, 1.54) is 0 Å². The van der Waals surface area contributed by atoms with E-state index in [4.69, 9.17) is 14.2 Å². The number of hydrogen-bond acceptors (Lipinski definition) is 6. The number of carbonyl (C=O) groups excluding carboxylic acids is 2. The van der Waals surface area contributed by atoms with Crippen LogP contribution in [0.15, 0.2) is 18.2 Å². The average molecular weight is 405 g/mol. The molecule has 3 atom stereocenters. The van der Waals surface area contributed by atoms with Crippen LogP contribution in [0.2, 0.25) is 0 Å². The molecule has 0 aromatic heterocycles. The predicted octanol–water partition coefficient (Wildman–Crippen LogP) is 1.36. The van der Waals surface area contributed by atoms with Crippen LogP contribution in [0.5, 0.6) is 11.5 Å². The summed E-state index contributed by atoms with van der Waals surface area (Å²) in [5, 5.41) is 18.3. The van der Waals surface area contributed by atoms with Crippen LogP contribution in [0.25, 0.3) is 0 Å². The Bertz CT molecular complexity index is 754. The summed E-state index contributed by atoms with van der Waals surface area (Å²) in [6.07, 6.45) is 3.61. The molecule has 4 N–H and O–H groups in total. The van der Waals surface area contributed by atoms with E-state index in [0.717, 1.165) is 19.3 Å². The molecule has 3 amide bonds. The Hall–Kier alpha value is -2.52. The van der Waals surface area contributed by atoms with Crippen LogP contribution < -0.4 is 25.4 Å². The quantitative estimate of drug-likeness (QED) is 0.544. The van der Waals surface area contributed by atoms with Crippen molar-refractivity contribution in [2.75, 3.05) is 25.3 Å². The van der Waals surface area contributed by atoms with Gasteiger partial charge in [-0.3, -0.25) is 4.79 Å². The van der Waals surface area contributed by atoms with Crippen LogP contribution in [-0.2, 0) is 9.53 Å². The molecule has 0 spiro atoms. The summed E-state index contributed by atoms with van der Waals surface area (Å²) >= 11 is 0. The number of aliphatic hydroxyl groups excluding tert-OH is 1. The molecule has 0 unspecified atom stereocenters. The Kier molecular flexibility index (Phi) is 6.05. The number of carbonyl (C=O) groups is 2. The zero-order valence-electron chi connectivity index (χ0n) is 16.2. The molecule has 1 saturated heterocycles. The number of anilines is 1. The van der Waals surface area contributed by atoms with Gasteiger partial charge < -0.3 is 35.3 Å². The Morgan fingerprint density at radius 1 is 1.10 bits per heavy atom. The minimum absolute atomic E-state index is 0.0402. The summed E-state index contributed by atoms with van der Waals surface area (Å²) in [6.45, 7) is 0.564. The first kappa shape index (κ1) is 19.8. The minimum Gasteiger partial charge on any atom is -0.454 e. The van der Waals surface area contributed by atoms with Crippen molar-refractivity contribution in [3.05, 3.63) is 18.2 Å². The van der Waals surface area contributed by atoms with Crippen molar-refractivity contribution in [1.82, 2.24) is 10.6 Å². The topological polar surface area (TPSA) is 118 Å². The molecule has 2 aliphatic heterocycles. The van der Waals surface area contributed by atoms with E-state index in [0.29, 0.717) is 36.6 Å². The summed E-state index contributed by atoms with van der Waals surface area (Å²) in [5.41, 5.74) is 0.591. The number of hydrogen-bond donors (Lipinski definition) is 4. The molecule has 0 radical (unpaired) electrons. The van der Waals surface area contributed by atoms with Gasteiger partial charge in [0.05, 0.1) is 18.8 Å². The van der Waals surface area contributed by atoms with E-state index >= 15 is 0 Å². The molecule has 9 nitrogen and oxygen atoms in total. The molecule has 9 heteroatoms. The van der Waals surface area contributed by atoms with E-state index in [1.54, 1.807) is 18.2 Å². The number of fused-ring (bicyclic) bond motifs is 1. The molecule has 158 valence electrons. The maximum Gasteiger partial charge on any atom is 0.319 e. The van der Waals surface area contributed by atoms with Crippen molar-refractivity contribution >= 4 is 17.6 Å². The number of nitrogens with one attached hydrogen (secondary N) is 3. The molecule has 2 fully saturated rings. The van der Waals surface area contributed by atoms with Gasteiger partial charge in [0.2, 0.25) is 12.7 Å². The third kappa shape index (κ3) is 5.10. The molecule has 2 heterocycles. The number of benzene rings is 1. The first-order valence-corrected chi connectivity index (χ1v) is 10.1. The highest BCUT2D eigenvalue weighted by Crippen LogP contribution is 2.34. The largest absolute Gasteiger partial charge is 0.454 e. The van der Waals surface area contributed by atoms with Gasteiger partial charge in [-0.25, -0.2) is 4.79 Å². The van der Waals surface area contributed by atoms with Gasteiger partial charge in [-0.2, -0.15) is 0 Å². The van der Waals surface area contributed by atoms with Crippen LogP contribution in [-0.4, -0.2) is 55.2 Å². The second kappa shape index (κ2) is 8.87. The van der Waals surface area contributed by atoms with Crippen LogP contribution in [0.4, 0.5) is 10.5 Å². The average Bonchev–Trinajstić information content (AvgIpc) is 3.47. The smallest absolute Gasteiger partial charge is 0.319 e. The van der Waals surface area contributed by atoms with Crippen LogP contribution >= 0.6 is 0 Å². The minimum atomic E-state index is -0.476. The zero-order chi connectivity index (χ0) is 20.2. The summed E-state index contributed by atoms with van der Waals surface area (Å²) in [7, 11) is 0. The fourth-order valence-electron chi connectivity index (χ4n) is 3.67. The van der Waals surface area contributed by atoms with Crippen LogP contribution in [0.1, 0.15) is 32.1 Å². The van der Waals surface area contributed by atoms with Gasteiger partial charge in [0, 0.05) is 24.2 Å². The lowest BCUT2D eigenvalue weighted by molar-refractivity contribution is -0.122. The fourth-order valence-corrected chi connectivity index (χ4v) is 3.67. The van der Waals surface area contributed by atoms with E-state index in [2.05, 4.69) is 16.0 Å².